The van der Waals surface area contributed by atoms with Crippen LogP contribution in [0.1, 0.15) is 27.2 Å². The summed E-state index contributed by atoms with van der Waals surface area (Å²) in [5, 5.41) is 2.69. The number of hydrogen-bond donors (Lipinski definition) is 1. The monoisotopic (exact) mass is 345 g/mol. The Morgan fingerprint density at radius 3 is 2.79 bits per heavy atom. The van der Waals surface area contributed by atoms with E-state index in [0.29, 0.717) is 0 Å². The number of nitrogens with one attached hydrogen (secondary N) is 1. The summed E-state index contributed by atoms with van der Waals surface area (Å²) in [6.45, 7) is 4.44. The molecule has 5 nitrogen and oxygen atoms in total. The Morgan fingerprint density at radius 2 is 2.21 bits per heavy atom. The maximum Gasteiger partial charge on any atom is 0.410 e. The zero-order chi connectivity index (χ0) is 18.0. The highest BCUT2D eigenvalue weighted by molar-refractivity contribution is 5.68. The van der Waals surface area contributed by atoms with Crippen LogP contribution < -0.4 is 5.32 Å². The molecule has 0 bridgehead atoms. The molecule has 0 aliphatic carbocycles. The molecule has 0 radical (unpaired) electrons. The number of amides is 1. The summed E-state index contributed by atoms with van der Waals surface area (Å²) < 4.78 is 47.3. The number of ether oxygens (including phenoxy) is 1. The van der Waals surface area contributed by atoms with Crippen LogP contribution in [0.25, 0.3) is 0 Å². The molecule has 0 aromatic carbocycles. The van der Waals surface area contributed by atoms with Crippen LogP contribution >= 0.6 is 0 Å². The van der Waals surface area contributed by atoms with E-state index in [4.69, 9.17) is 4.74 Å². The highest BCUT2D eigenvalue weighted by atomic mass is 19.3. The summed E-state index contributed by atoms with van der Waals surface area (Å²) in [6, 6.07) is 1.39. The first kappa shape index (κ1) is 18.4. The largest absolute Gasteiger partial charge is 0.444 e. The number of anilines is 1. The fourth-order valence-corrected chi connectivity index (χ4v) is 2.47. The molecule has 1 N–H and O–H groups in total. The predicted octanol–water partition coefficient (Wildman–Crippen LogP) is 3.52. The second-order valence-electron chi connectivity index (χ2n) is 6.88. The number of nitrogens with zero attached hydrogens (tertiary/aromatic N) is 2. The number of halogens is 3. The average Bonchev–Trinajstić information content (AvgIpc) is 2.45. The summed E-state index contributed by atoms with van der Waals surface area (Å²) in [6.07, 6.45) is 1.76. The van der Waals surface area contributed by atoms with E-state index in [1.165, 1.54) is 12.3 Å². The van der Waals surface area contributed by atoms with Gasteiger partial charge in [-0.3, -0.25) is 4.98 Å². The number of aromatic nitrogens is 1. The minimum absolute atomic E-state index is 0.0872. The lowest BCUT2D eigenvalue weighted by atomic mass is 9.93. The highest BCUT2D eigenvalue weighted by Gasteiger charge is 2.46. The third kappa shape index (κ3) is 4.75. The van der Waals surface area contributed by atoms with Gasteiger partial charge in [0.1, 0.15) is 5.60 Å². The number of carbonyl (C=O) groups excluding carboxylic acids is 1. The number of pyridine rings is 1. The Morgan fingerprint density at radius 1 is 1.50 bits per heavy atom. The van der Waals surface area contributed by atoms with Gasteiger partial charge in [-0.15, -0.1) is 0 Å². The van der Waals surface area contributed by atoms with Gasteiger partial charge in [0.05, 0.1) is 18.4 Å². The van der Waals surface area contributed by atoms with E-state index >= 15 is 0 Å². The van der Waals surface area contributed by atoms with Crippen molar-refractivity contribution in [3.05, 3.63) is 24.3 Å². The second-order valence-corrected chi connectivity index (χ2v) is 6.88. The topological polar surface area (TPSA) is 54.5 Å². The molecule has 1 fully saturated rings. The Kier molecular flexibility index (Phi) is 5.25. The van der Waals surface area contributed by atoms with E-state index in [2.05, 4.69) is 10.3 Å². The molecule has 1 aliphatic heterocycles. The highest BCUT2D eigenvalue weighted by Crippen LogP contribution is 2.33. The van der Waals surface area contributed by atoms with Crippen LogP contribution in [0.4, 0.5) is 23.7 Å². The number of likely N-dealkylation sites (tertiary alicyclic amines) is 1. The van der Waals surface area contributed by atoms with Crippen LogP contribution in [0, 0.1) is 11.7 Å². The predicted molar refractivity (Wildman–Crippen MR) is 83.5 cm³/mol. The third-order valence-corrected chi connectivity index (χ3v) is 3.71. The molecule has 2 heterocycles. The number of hydrogen-bond acceptors (Lipinski definition) is 4. The van der Waals surface area contributed by atoms with Crippen molar-refractivity contribution in [2.24, 2.45) is 5.92 Å². The molecule has 1 atom stereocenters. The van der Waals surface area contributed by atoms with Crippen LogP contribution in [-0.2, 0) is 4.74 Å². The standard InChI is InChI=1S/C16H22F3N3O2/c1-15(2,3)24-14(23)22-7-5-11(16(18,19)10-22)8-21-13-4-6-20-9-12(13)17/h4,6,9,11H,5,7-8,10H2,1-3H3,(H,20,21)/t11-/m1/s1. The van der Waals surface area contributed by atoms with Crippen molar-refractivity contribution < 1.29 is 22.7 Å². The van der Waals surface area contributed by atoms with Gasteiger partial charge in [-0.2, -0.15) is 0 Å². The molecule has 134 valence electrons. The van der Waals surface area contributed by atoms with Gasteiger partial charge in [0.25, 0.3) is 5.92 Å². The molecule has 0 saturated carbocycles. The Balaban J connectivity index is 1.94. The first-order valence-electron chi connectivity index (χ1n) is 7.77. The van der Waals surface area contributed by atoms with Gasteiger partial charge in [0.2, 0.25) is 0 Å². The molecular formula is C16H22F3N3O2. The molecule has 1 amide bonds. The molecule has 24 heavy (non-hydrogen) atoms. The number of alkyl halides is 2. The lowest BCUT2D eigenvalue weighted by molar-refractivity contribution is -0.106. The van der Waals surface area contributed by atoms with Crippen LogP contribution in [0.5, 0.6) is 0 Å². The minimum atomic E-state index is -3.08. The number of piperidine rings is 1. The fraction of sp³-hybridized carbons (Fsp3) is 0.625. The Labute approximate surface area is 139 Å². The summed E-state index contributed by atoms with van der Waals surface area (Å²) >= 11 is 0. The van der Waals surface area contributed by atoms with Crippen molar-refractivity contribution in [2.45, 2.75) is 38.7 Å². The summed E-state index contributed by atoms with van der Waals surface area (Å²) in [5.41, 5.74) is -0.598. The van der Waals surface area contributed by atoms with E-state index in [1.807, 2.05) is 0 Å². The van der Waals surface area contributed by atoms with Gasteiger partial charge in [0, 0.05) is 25.2 Å². The molecule has 0 unspecified atom stereocenters. The van der Waals surface area contributed by atoms with Crippen molar-refractivity contribution in [2.75, 3.05) is 25.0 Å². The first-order valence-corrected chi connectivity index (χ1v) is 7.77. The van der Waals surface area contributed by atoms with Crippen molar-refractivity contribution in [3.8, 4) is 0 Å². The Hall–Kier alpha value is -1.99. The normalized spacial score (nSPS) is 20.6. The van der Waals surface area contributed by atoms with Crippen LogP contribution in [-0.4, -0.2) is 47.1 Å². The molecule has 1 aliphatic rings. The van der Waals surface area contributed by atoms with Crippen molar-refractivity contribution in [1.82, 2.24) is 9.88 Å². The van der Waals surface area contributed by atoms with Gasteiger partial charge in [-0.1, -0.05) is 0 Å². The van der Waals surface area contributed by atoms with E-state index in [-0.39, 0.29) is 25.2 Å². The number of rotatable bonds is 3. The van der Waals surface area contributed by atoms with Crippen LogP contribution in [0.2, 0.25) is 0 Å². The second kappa shape index (κ2) is 6.86. The lowest BCUT2D eigenvalue weighted by Gasteiger charge is -2.38. The van der Waals surface area contributed by atoms with Gasteiger partial charge in [-0.05, 0) is 33.3 Å². The maximum absolute atomic E-state index is 14.3. The van der Waals surface area contributed by atoms with E-state index in [0.717, 1.165) is 11.1 Å². The van der Waals surface area contributed by atoms with E-state index in [1.54, 1.807) is 20.8 Å². The first-order chi connectivity index (χ1) is 11.1. The van der Waals surface area contributed by atoms with Crippen molar-refractivity contribution >= 4 is 11.8 Å². The molecule has 1 saturated heterocycles. The number of carbonyl (C=O) groups is 1. The molecule has 1 aromatic rings. The minimum Gasteiger partial charge on any atom is -0.444 e. The van der Waals surface area contributed by atoms with Gasteiger partial charge in [-0.25, -0.2) is 18.0 Å². The average molecular weight is 345 g/mol. The summed E-state index contributed by atoms with van der Waals surface area (Å²) in [7, 11) is 0. The molecule has 0 spiro atoms. The van der Waals surface area contributed by atoms with Gasteiger partial charge >= 0.3 is 6.09 Å². The molecule has 1 aromatic heterocycles. The Bertz CT molecular complexity index is 590. The third-order valence-electron chi connectivity index (χ3n) is 3.71. The van der Waals surface area contributed by atoms with E-state index < -0.39 is 35.9 Å². The summed E-state index contributed by atoms with van der Waals surface area (Å²) in [4.78, 5) is 16.6. The quantitative estimate of drug-likeness (QED) is 0.911. The summed E-state index contributed by atoms with van der Waals surface area (Å²) in [5.74, 6) is -4.66. The van der Waals surface area contributed by atoms with E-state index in [9.17, 15) is 18.0 Å². The van der Waals surface area contributed by atoms with Crippen molar-refractivity contribution in [3.63, 3.8) is 0 Å². The zero-order valence-corrected chi connectivity index (χ0v) is 14.0. The zero-order valence-electron chi connectivity index (χ0n) is 14.0. The molecule has 2 rings (SSSR count). The SMILES string of the molecule is CC(C)(C)OC(=O)N1CC[C@H](CNc2ccncc2F)C(F)(F)C1. The van der Waals surface area contributed by atoms with Crippen LogP contribution in [0.3, 0.4) is 0 Å². The molecule has 8 heteroatoms. The fourth-order valence-electron chi connectivity index (χ4n) is 2.47. The van der Waals surface area contributed by atoms with Crippen molar-refractivity contribution in [1.29, 1.82) is 0 Å². The van der Waals surface area contributed by atoms with Crippen LogP contribution in [0.15, 0.2) is 18.5 Å². The lowest BCUT2D eigenvalue weighted by Crippen LogP contribution is -2.53. The smallest absolute Gasteiger partial charge is 0.410 e. The van der Waals surface area contributed by atoms with Gasteiger partial charge < -0.3 is 15.0 Å². The maximum atomic E-state index is 14.3. The van der Waals surface area contributed by atoms with Gasteiger partial charge in [0.15, 0.2) is 5.82 Å². The molecular weight excluding hydrogens is 323 g/mol.